The van der Waals surface area contributed by atoms with E-state index >= 15 is 0 Å². The van der Waals surface area contributed by atoms with Gasteiger partial charge >= 0.3 is 5.97 Å². The van der Waals surface area contributed by atoms with Crippen molar-refractivity contribution in [1.82, 2.24) is 4.90 Å². The predicted molar refractivity (Wildman–Crippen MR) is 101 cm³/mol. The first-order chi connectivity index (χ1) is 12.3. The van der Waals surface area contributed by atoms with Crippen LogP contribution in [-0.2, 0) is 14.3 Å². The molecule has 0 N–H and O–H groups in total. The van der Waals surface area contributed by atoms with Crippen LogP contribution in [-0.4, -0.2) is 46.7 Å². The van der Waals surface area contributed by atoms with Crippen LogP contribution in [0, 0.1) is 0 Å². The average Bonchev–Trinajstić information content (AvgIpc) is 2.94. The van der Waals surface area contributed by atoms with E-state index in [4.69, 9.17) is 4.74 Å². The fourth-order valence-electron chi connectivity index (χ4n) is 3.80. The van der Waals surface area contributed by atoms with E-state index < -0.39 is 17.7 Å². The maximum Gasteiger partial charge on any atom is 0.329 e. The molecule has 3 atom stereocenters. The zero-order chi connectivity index (χ0) is 18.7. The average molecular weight is 356 g/mol. The molecule has 0 bridgehead atoms. The van der Waals surface area contributed by atoms with Gasteiger partial charge in [-0.2, -0.15) is 0 Å². The van der Waals surface area contributed by atoms with Gasteiger partial charge in [0.1, 0.15) is 17.7 Å². The second-order valence-electron chi connectivity index (χ2n) is 8.16. The van der Waals surface area contributed by atoms with E-state index in [-0.39, 0.29) is 17.9 Å². The smallest absolute Gasteiger partial charge is 0.329 e. The number of hydrogen-bond donors (Lipinski definition) is 0. The number of amides is 1. The minimum atomic E-state index is -0.547. The molecule has 0 radical (unpaired) electrons. The van der Waals surface area contributed by atoms with E-state index in [1.54, 1.807) is 11.1 Å². The van der Waals surface area contributed by atoms with Gasteiger partial charge in [-0.1, -0.05) is 30.3 Å². The predicted octanol–water partition coefficient (Wildman–Crippen LogP) is 3.36. The van der Waals surface area contributed by atoms with Crippen molar-refractivity contribution >= 4 is 18.1 Å². The quantitative estimate of drug-likeness (QED) is 0.616. The fourth-order valence-corrected chi connectivity index (χ4v) is 3.80. The van der Waals surface area contributed by atoms with Crippen LogP contribution in [0.2, 0.25) is 0 Å². The molecule has 3 rings (SSSR count). The number of carbonyl (C=O) groups is 2. The lowest BCUT2D eigenvalue weighted by Gasteiger charge is -2.31. The number of aliphatic imine (C=N–C) groups is 1. The summed E-state index contributed by atoms with van der Waals surface area (Å²) < 4.78 is 5.55. The zero-order valence-corrected chi connectivity index (χ0v) is 15.9. The molecule has 0 saturated carbocycles. The summed E-state index contributed by atoms with van der Waals surface area (Å²) in [6.45, 7) is 5.57. The Labute approximate surface area is 155 Å². The first-order valence-corrected chi connectivity index (χ1v) is 9.48. The van der Waals surface area contributed by atoms with Crippen LogP contribution < -0.4 is 0 Å². The number of rotatable bonds is 3. The third-order valence-electron chi connectivity index (χ3n) is 4.94. The van der Waals surface area contributed by atoms with Crippen LogP contribution in [0.1, 0.15) is 58.4 Å². The number of carbonyl (C=O) groups excluding carboxylic acids is 2. The first kappa shape index (κ1) is 18.6. The van der Waals surface area contributed by atoms with Crippen molar-refractivity contribution in [3.05, 3.63) is 35.9 Å². The van der Waals surface area contributed by atoms with Gasteiger partial charge in [0.25, 0.3) is 0 Å². The lowest BCUT2D eigenvalue weighted by molar-refractivity contribution is -0.164. The molecule has 2 aliphatic heterocycles. The Morgan fingerprint density at radius 3 is 2.58 bits per heavy atom. The van der Waals surface area contributed by atoms with E-state index in [0.29, 0.717) is 6.42 Å². The summed E-state index contributed by atoms with van der Waals surface area (Å²) in [7, 11) is 0. The van der Waals surface area contributed by atoms with Gasteiger partial charge in [-0.25, -0.2) is 4.79 Å². The van der Waals surface area contributed by atoms with Gasteiger partial charge in [0, 0.05) is 12.3 Å². The molecule has 1 aromatic carbocycles. The standard InChI is InChI=1S/C21H28N2O3/c1-21(2,3)26-20(25)18-13-12-16-10-7-11-17(19(24)23(16)18)22-14-15-8-5-4-6-9-15/h4-6,8-9,14,16-18H,7,10-13H2,1-3H3/t16-,17-,18-/m0/s1. The van der Waals surface area contributed by atoms with E-state index in [1.165, 1.54) is 0 Å². The Morgan fingerprint density at radius 1 is 1.15 bits per heavy atom. The van der Waals surface area contributed by atoms with E-state index in [9.17, 15) is 9.59 Å². The van der Waals surface area contributed by atoms with E-state index in [0.717, 1.165) is 31.2 Å². The summed E-state index contributed by atoms with van der Waals surface area (Å²) in [4.78, 5) is 32.1. The normalized spacial score (nSPS) is 26.7. The van der Waals surface area contributed by atoms with Gasteiger partial charge in [0.2, 0.25) is 5.91 Å². The molecular weight excluding hydrogens is 328 g/mol. The summed E-state index contributed by atoms with van der Waals surface area (Å²) in [5.74, 6) is -0.325. The van der Waals surface area contributed by atoms with Gasteiger partial charge in [-0.05, 0) is 58.4 Å². The molecule has 0 unspecified atom stereocenters. The lowest BCUT2D eigenvalue weighted by Crippen LogP contribution is -2.49. The molecule has 26 heavy (non-hydrogen) atoms. The molecule has 1 amide bonds. The van der Waals surface area contributed by atoms with Crippen LogP contribution in [0.5, 0.6) is 0 Å². The minimum Gasteiger partial charge on any atom is -0.458 e. The molecule has 140 valence electrons. The van der Waals surface area contributed by atoms with Crippen molar-refractivity contribution in [2.75, 3.05) is 0 Å². The Balaban J connectivity index is 1.76. The largest absolute Gasteiger partial charge is 0.458 e. The molecule has 2 saturated heterocycles. The van der Waals surface area contributed by atoms with Crippen molar-refractivity contribution in [3.8, 4) is 0 Å². The highest BCUT2D eigenvalue weighted by molar-refractivity contribution is 5.91. The van der Waals surface area contributed by atoms with Gasteiger partial charge in [-0.3, -0.25) is 9.79 Å². The summed E-state index contributed by atoms with van der Waals surface area (Å²) in [5.41, 5.74) is 0.431. The van der Waals surface area contributed by atoms with E-state index in [2.05, 4.69) is 4.99 Å². The number of ether oxygens (including phenoxy) is 1. The van der Waals surface area contributed by atoms with E-state index in [1.807, 2.05) is 51.1 Å². The molecule has 0 aromatic heterocycles. The SMILES string of the molecule is CC(C)(C)OC(=O)[C@@H]1CC[C@@H]2CCC[C@H](N=Cc3ccccc3)C(=O)N21. The molecule has 2 fully saturated rings. The second-order valence-corrected chi connectivity index (χ2v) is 8.16. The minimum absolute atomic E-state index is 0.0342. The Bertz CT molecular complexity index is 678. The Morgan fingerprint density at radius 2 is 1.88 bits per heavy atom. The summed E-state index contributed by atoms with van der Waals surface area (Å²) in [6, 6.07) is 9.03. The molecule has 0 aliphatic carbocycles. The van der Waals surface area contributed by atoms with Gasteiger partial charge in [0.05, 0.1) is 0 Å². The number of esters is 1. The summed E-state index contributed by atoms with van der Waals surface area (Å²) >= 11 is 0. The molecule has 2 aliphatic rings. The van der Waals surface area contributed by atoms with Gasteiger partial charge in [-0.15, -0.1) is 0 Å². The van der Waals surface area contributed by atoms with Crippen LogP contribution >= 0.6 is 0 Å². The Hall–Kier alpha value is -2.17. The topological polar surface area (TPSA) is 59.0 Å². The van der Waals surface area contributed by atoms with Crippen LogP contribution in [0.3, 0.4) is 0 Å². The van der Waals surface area contributed by atoms with Crippen molar-refractivity contribution in [2.24, 2.45) is 4.99 Å². The van der Waals surface area contributed by atoms with Crippen molar-refractivity contribution < 1.29 is 14.3 Å². The summed E-state index contributed by atoms with van der Waals surface area (Å²) in [6.07, 6.45) is 5.93. The van der Waals surface area contributed by atoms with Gasteiger partial charge in [0.15, 0.2) is 0 Å². The van der Waals surface area contributed by atoms with Crippen LogP contribution in [0.4, 0.5) is 0 Å². The molecule has 5 heteroatoms. The maximum atomic E-state index is 13.1. The fraction of sp³-hybridized carbons (Fsp3) is 0.571. The lowest BCUT2D eigenvalue weighted by atomic mass is 10.1. The zero-order valence-electron chi connectivity index (χ0n) is 15.9. The second kappa shape index (κ2) is 7.60. The molecule has 1 aromatic rings. The van der Waals surface area contributed by atoms with Crippen LogP contribution in [0.25, 0.3) is 0 Å². The van der Waals surface area contributed by atoms with Crippen LogP contribution in [0.15, 0.2) is 35.3 Å². The monoisotopic (exact) mass is 356 g/mol. The number of fused-ring (bicyclic) bond motifs is 1. The highest BCUT2D eigenvalue weighted by Crippen LogP contribution is 2.33. The van der Waals surface area contributed by atoms with Crippen molar-refractivity contribution in [1.29, 1.82) is 0 Å². The van der Waals surface area contributed by atoms with Crippen molar-refractivity contribution in [3.63, 3.8) is 0 Å². The molecular formula is C21H28N2O3. The Kier molecular flexibility index (Phi) is 5.44. The van der Waals surface area contributed by atoms with Gasteiger partial charge < -0.3 is 9.64 Å². The van der Waals surface area contributed by atoms with Crippen molar-refractivity contribution in [2.45, 2.75) is 76.6 Å². The third kappa shape index (κ3) is 4.32. The first-order valence-electron chi connectivity index (χ1n) is 9.48. The number of nitrogens with zero attached hydrogens (tertiary/aromatic N) is 2. The molecule has 5 nitrogen and oxygen atoms in total. The highest BCUT2D eigenvalue weighted by atomic mass is 16.6. The highest BCUT2D eigenvalue weighted by Gasteiger charge is 2.45. The molecule has 0 spiro atoms. The molecule has 2 heterocycles. The number of benzene rings is 1. The maximum absolute atomic E-state index is 13.1. The number of hydrogen-bond acceptors (Lipinski definition) is 4. The summed E-state index contributed by atoms with van der Waals surface area (Å²) in [5, 5.41) is 0. The third-order valence-corrected chi connectivity index (χ3v) is 4.94.